The van der Waals surface area contributed by atoms with Crippen LogP contribution in [0.1, 0.15) is 41.3 Å². The molecule has 0 saturated heterocycles. The smallest absolute Gasteiger partial charge is 0.255 e. The summed E-state index contributed by atoms with van der Waals surface area (Å²) >= 11 is 0. The average molecular weight is 358 g/mol. The lowest BCUT2D eigenvalue weighted by atomic mass is 10.1. The Bertz CT molecular complexity index is 903. The van der Waals surface area contributed by atoms with E-state index < -0.39 is 10.0 Å². The zero-order valence-electron chi connectivity index (χ0n) is 14.4. The molecule has 1 amide bonds. The highest BCUT2D eigenvalue weighted by Crippen LogP contribution is 2.24. The molecule has 1 fully saturated rings. The van der Waals surface area contributed by atoms with Crippen molar-refractivity contribution >= 4 is 21.6 Å². The Kier molecular flexibility index (Phi) is 4.92. The van der Waals surface area contributed by atoms with E-state index in [1.54, 1.807) is 13.0 Å². The predicted molar refractivity (Wildman–Crippen MR) is 98.3 cm³/mol. The van der Waals surface area contributed by atoms with Gasteiger partial charge in [0.1, 0.15) is 0 Å². The maximum absolute atomic E-state index is 12.7. The lowest BCUT2D eigenvalue weighted by Crippen LogP contribution is -2.26. The fourth-order valence-corrected chi connectivity index (χ4v) is 3.97. The van der Waals surface area contributed by atoms with Crippen LogP contribution in [0.5, 0.6) is 0 Å². The number of para-hydroxylation sites is 1. The summed E-state index contributed by atoms with van der Waals surface area (Å²) in [6.07, 6.45) is 2.54. The maximum Gasteiger partial charge on any atom is 0.255 e. The van der Waals surface area contributed by atoms with E-state index in [-0.39, 0.29) is 16.8 Å². The number of benzene rings is 2. The number of sulfonamides is 1. The second-order valence-corrected chi connectivity index (χ2v) is 8.05. The highest BCUT2D eigenvalue weighted by atomic mass is 32.2. The molecule has 0 aliphatic heterocycles. The van der Waals surface area contributed by atoms with Crippen molar-refractivity contribution in [2.75, 3.05) is 5.32 Å². The summed E-state index contributed by atoms with van der Waals surface area (Å²) in [6, 6.07) is 12.3. The number of carbonyl (C=O) groups excluding carboxylic acids is 1. The number of hydrogen-bond donors (Lipinski definition) is 2. The van der Waals surface area contributed by atoms with Gasteiger partial charge in [0, 0.05) is 17.3 Å². The van der Waals surface area contributed by atoms with Crippen molar-refractivity contribution < 1.29 is 13.2 Å². The fraction of sp³-hybridized carbons (Fsp3) is 0.316. The number of rotatable bonds is 6. The first-order valence-electron chi connectivity index (χ1n) is 8.43. The minimum atomic E-state index is -3.59. The van der Waals surface area contributed by atoms with E-state index in [9.17, 15) is 13.2 Å². The normalized spacial score (nSPS) is 14.3. The van der Waals surface area contributed by atoms with Crippen LogP contribution in [0.15, 0.2) is 47.4 Å². The summed E-state index contributed by atoms with van der Waals surface area (Å²) < 4.78 is 27.4. The summed E-state index contributed by atoms with van der Waals surface area (Å²) in [7, 11) is -3.59. The van der Waals surface area contributed by atoms with E-state index in [4.69, 9.17) is 0 Å². The molecule has 0 bridgehead atoms. The van der Waals surface area contributed by atoms with Gasteiger partial charge in [0.2, 0.25) is 10.0 Å². The lowest BCUT2D eigenvalue weighted by Gasteiger charge is -2.13. The number of hydrogen-bond acceptors (Lipinski definition) is 3. The molecule has 1 saturated carbocycles. The van der Waals surface area contributed by atoms with E-state index >= 15 is 0 Å². The van der Waals surface area contributed by atoms with Gasteiger partial charge in [-0.25, -0.2) is 13.1 Å². The number of nitrogens with one attached hydrogen (secondary N) is 2. The standard InChI is InChI=1S/C19H22N2O3S/c1-3-14-6-4-5-7-18(14)20-19(22)17-12-16(11-8-13(17)2)25(23,24)21-15-9-10-15/h4-8,11-12,15,21H,3,9-10H2,1-2H3,(H,20,22). The lowest BCUT2D eigenvalue weighted by molar-refractivity contribution is 0.102. The largest absolute Gasteiger partial charge is 0.322 e. The topological polar surface area (TPSA) is 75.3 Å². The molecule has 5 nitrogen and oxygen atoms in total. The molecule has 2 N–H and O–H groups in total. The SMILES string of the molecule is CCc1ccccc1NC(=O)c1cc(S(=O)(=O)NC2CC2)ccc1C. The van der Waals surface area contributed by atoms with Crippen LogP contribution in [0, 0.1) is 6.92 Å². The van der Waals surface area contributed by atoms with Crippen LogP contribution in [-0.4, -0.2) is 20.4 Å². The second-order valence-electron chi connectivity index (χ2n) is 6.34. The van der Waals surface area contributed by atoms with Crippen molar-refractivity contribution in [3.05, 3.63) is 59.2 Å². The maximum atomic E-state index is 12.7. The van der Waals surface area contributed by atoms with Crippen molar-refractivity contribution in [1.82, 2.24) is 4.72 Å². The van der Waals surface area contributed by atoms with E-state index in [0.717, 1.165) is 36.1 Å². The van der Waals surface area contributed by atoms with Gasteiger partial charge in [-0.15, -0.1) is 0 Å². The molecule has 0 unspecified atom stereocenters. The van der Waals surface area contributed by atoms with Crippen molar-refractivity contribution in [2.24, 2.45) is 0 Å². The Morgan fingerprint density at radius 3 is 2.56 bits per heavy atom. The van der Waals surface area contributed by atoms with Gasteiger partial charge >= 0.3 is 0 Å². The Morgan fingerprint density at radius 2 is 1.88 bits per heavy atom. The molecule has 3 rings (SSSR count). The van der Waals surface area contributed by atoms with E-state index in [1.807, 2.05) is 31.2 Å². The van der Waals surface area contributed by atoms with Gasteiger partial charge in [-0.2, -0.15) is 0 Å². The van der Waals surface area contributed by atoms with Crippen molar-refractivity contribution in [3.63, 3.8) is 0 Å². The Balaban J connectivity index is 1.88. The molecule has 1 aliphatic carbocycles. The molecule has 0 radical (unpaired) electrons. The van der Waals surface area contributed by atoms with Crippen LogP contribution in [0.4, 0.5) is 5.69 Å². The highest BCUT2D eigenvalue weighted by molar-refractivity contribution is 7.89. The quantitative estimate of drug-likeness (QED) is 0.832. The van der Waals surface area contributed by atoms with Crippen LogP contribution < -0.4 is 10.0 Å². The third-order valence-corrected chi connectivity index (χ3v) is 5.83. The molecule has 0 heterocycles. The van der Waals surface area contributed by atoms with Crippen molar-refractivity contribution in [2.45, 2.75) is 44.0 Å². The zero-order chi connectivity index (χ0) is 18.0. The van der Waals surface area contributed by atoms with Crippen LogP contribution in [0.3, 0.4) is 0 Å². The first-order valence-corrected chi connectivity index (χ1v) is 9.91. The van der Waals surface area contributed by atoms with E-state index in [1.165, 1.54) is 12.1 Å². The first kappa shape index (κ1) is 17.6. The minimum absolute atomic E-state index is 0.0278. The summed E-state index contributed by atoms with van der Waals surface area (Å²) in [5, 5.41) is 2.90. The number of aryl methyl sites for hydroxylation is 2. The number of carbonyl (C=O) groups is 1. The minimum Gasteiger partial charge on any atom is -0.322 e. The molecule has 1 aliphatic rings. The Hall–Kier alpha value is -2.18. The fourth-order valence-electron chi connectivity index (χ4n) is 2.64. The van der Waals surface area contributed by atoms with Crippen molar-refractivity contribution in [1.29, 1.82) is 0 Å². The molecule has 0 atom stereocenters. The Labute approximate surface area is 148 Å². The summed E-state index contributed by atoms with van der Waals surface area (Å²) in [5.41, 5.74) is 2.88. The molecule has 2 aromatic rings. The third kappa shape index (κ3) is 4.08. The molecule has 6 heteroatoms. The average Bonchev–Trinajstić information content (AvgIpc) is 3.38. The molecule has 2 aromatic carbocycles. The van der Waals surface area contributed by atoms with Gasteiger partial charge in [0.25, 0.3) is 5.91 Å². The van der Waals surface area contributed by atoms with Gasteiger partial charge in [0.15, 0.2) is 0 Å². The van der Waals surface area contributed by atoms with Crippen LogP contribution in [0.25, 0.3) is 0 Å². The summed E-state index contributed by atoms with van der Waals surface area (Å²) in [6.45, 7) is 3.82. The van der Waals surface area contributed by atoms with Gasteiger partial charge in [-0.3, -0.25) is 4.79 Å². The van der Waals surface area contributed by atoms with E-state index in [0.29, 0.717) is 5.56 Å². The second kappa shape index (κ2) is 6.98. The number of amides is 1. The molecular weight excluding hydrogens is 336 g/mol. The zero-order valence-corrected chi connectivity index (χ0v) is 15.2. The predicted octanol–water partition coefficient (Wildman–Crippen LogP) is 3.25. The van der Waals surface area contributed by atoms with Crippen LogP contribution in [0.2, 0.25) is 0 Å². The van der Waals surface area contributed by atoms with Crippen LogP contribution in [-0.2, 0) is 16.4 Å². The first-order chi connectivity index (χ1) is 11.9. The molecule has 25 heavy (non-hydrogen) atoms. The molecular formula is C19H22N2O3S. The van der Waals surface area contributed by atoms with Gasteiger partial charge in [-0.05, 0) is 55.5 Å². The molecule has 132 valence electrons. The number of anilines is 1. The Morgan fingerprint density at radius 1 is 1.16 bits per heavy atom. The van der Waals surface area contributed by atoms with Crippen LogP contribution >= 0.6 is 0 Å². The van der Waals surface area contributed by atoms with Gasteiger partial charge in [-0.1, -0.05) is 31.2 Å². The van der Waals surface area contributed by atoms with Gasteiger partial charge < -0.3 is 5.32 Å². The molecule has 0 spiro atoms. The monoisotopic (exact) mass is 358 g/mol. The summed E-state index contributed by atoms with van der Waals surface area (Å²) in [4.78, 5) is 12.8. The third-order valence-electron chi connectivity index (χ3n) is 4.31. The highest BCUT2D eigenvalue weighted by Gasteiger charge is 2.28. The molecule has 0 aromatic heterocycles. The van der Waals surface area contributed by atoms with E-state index in [2.05, 4.69) is 10.0 Å². The van der Waals surface area contributed by atoms with Crippen molar-refractivity contribution in [3.8, 4) is 0 Å². The summed E-state index contributed by atoms with van der Waals surface area (Å²) in [5.74, 6) is -0.304. The van der Waals surface area contributed by atoms with Gasteiger partial charge in [0.05, 0.1) is 4.90 Å².